The number of β-amino-alcohol motifs (C(OH)–C–C–N with tert-alkyl or cyclic N) is 1. The molecule has 5 fully saturated rings. The Bertz CT molecular complexity index is 407. The first kappa shape index (κ1) is 14.5. The molecule has 2 N–H and O–H groups in total. The second kappa shape index (κ2) is 4.47. The maximum atomic E-state index is 10.8. The molecule has 21 heavy (non-hydrogen) atoms. The zero-order valence-corrected chi connectivity index (χ0v) is 14.0. The van der Waals surface area contributed by atoms with E-state index in [1.54, 1.807) is 0 Å². The molecule has 0 aromatic rings. The van der Waals surface area contributed by atoms with Gasteiger partial charge in [-0.25, -0.2) is 0 Å². The standard InChI is InChI=1S/C19H33NO/c1-16-8-15-9-17(2,11-16)13-18(10-15,12-16)20-14-19(21)6-4-3-5-7-19/h15,20-21H,3-14H2,1-2H3. The summed E-state index contributed by atoms with van der Waals surface area (Å²) < 4.78 is 0. The van der Waals surface area contributed by atoms with Gasteiger partial charge in [0.15, 0.2) is 0 Å². The molecule has 0 amide bonds. The molecule has 2 unspecified atom stereocenters. The van der Waals surface area contributed by atoms with Crippen molar-refractivity contribution in [3.8, 4) is 0 Å². The lowest BCUT2D eigenvalue weighted by Crippen LogP contribution is -2.65. The van der Waals surface area contributed by atoms with Gasteiger partial charge in [0.2, 0.25) is 0 Å². The van der Waals surface area contributed by atoms with Crippen LogP contribution in [0.15, 0.2) is 0 Å². The lowest BCUT2D eigenvalue weighted by molar-refractivity contribution is -0.124. The highest BCUT2D eigenvalue weighted by Gasteiger charge is 2.60. The largest absolute Gasteiger partial charge is 0.389 e. The third-order valence-corrected chi connectivity index (χ3v) is 7.20. The van der Waals surface area contributed by atoms with Gasteiger partial charge < -0.3 is 10.4 Å². The second-order valence-corrected chi connectivity index (χ2v) is 10.0. The molecule has 5 saturated carbocycles. The normalized spacial score (nSPS) is 51.3. The molecule has 5 aliphatic rings. The molecule has 0 radical (unpaired) electrons. The zero-order valence-electron chi connectivity index (χ0n) is 14.0. The highest BCUT2D eigenvalue weighted by atomic mass is 16.3. The fraction of sp³-hybridized carbons (Fsp3) is 1.00. The van der Waals surface area contributed by atoms with Gasteiger partial charge in [-0.3, -0.25) is 0 Å². The topological polar surface area (TPSA) is 32.3 Å². The van der Waals surface area contributed by atoms with Crippen LogP contribution in [0.4, 0.5) is 0 Å². The van der Waals surface area contributed by atoms with Crippen LogP contribution in [0.2, 0.25) is 0 Å². The number of hydrogen-bond donors (Lipinski definition) is 2. The van der Waals surface area contributed by atoms with Crippen LogP contribution in [0.1, 0.15) is 84.5 Å². The van der Waals surface area contributed by atoms with Gasteiger partial charge in [-0.15, -0.1) is 0 Å². The van der Waals surface area contributed by atoms with Gasteiger partial charge >= 0.3 is 0 Å². The summed E-state index contributed by atoms with van der Waals surface area (Å²) in [6.45, 7) is 5.90. The lowest BCUT2D eigenvalue weighted by atomic mass is 9.42. The van der Waals surface area contributed by atoms with Crippen molar-refractivity contribution in [3.05, 3.63) is 0 Å². The van der Waals surface area contributed by atoms with Gasteiger partial charge in [0.05, 0.1) is 5.60 Å². The van der Waals surface area contributed by atoms with E-state index in [1.165, 1.54) is 57.8 Å². The van der Waals surface area contributed by atoms with E-state index in [9.17, 15) is 5.11 Å². The maximum Gasteiger partial charge on any atom is 0.0771 e. The second-order valence-electron chi connectivity index (χ2n) is 10.0. The number of aliphatic hydroxyl groups is 1. The first-order valence-electron chi connectivity index (χ1n) is 9.29. The Morgan fingerprint density at radius 1 is 0.905 bits per heavy atom. The summed E-state index contributed by atoms with van der Waals surface area (Å²) in [4.78, 5) is 0. The summed E-state index contributed by atoms with van der Waals surface area (Å²) in [6.07, 6.45) is 14.2. The Kier molecular flexibility index (Phi) is 3.09. The fourth-order valence-corrected chi connectivity index (χ4v) is 7.38. The Labute approximate surface area is 130 Å². The quantitative estimate of drug-likeness (QED) is 0.823. The molecule has 5 rings (SSSR count). The van der Waals surface area contributed by atoms with Crippen LogP contribution in [0, 0.1) is 16.7 Å². The van der Waals surface area contributed by atoms with Gasteiger partial charge in [-0.1, -0.05) is 33.1 Å². The van der Waals surface area contributed by atoms with Gasteiger partial charge in [-0.05, 0) is 68.1 Å². The van der Waals surface area contributed by atoms with Gasteiger partial charge in [0, 0.05) is 12.1 Å². The molecular weight excluding hydrogens is 258 g/mol. The van der Waals surface area contributed by atoms with Crippen LogP contribution in [0.5, 0.6) is 0 Å². The highest BCUT2D eigenvalue weighted by Crippen LogP contribution is 2.66. The number of hydrogen-bond acceptors (Lipinski definition) is 2. The first-order valence-corrected chi connectivity index (χ1v) is 9.29. The van der Waals surface area contributed by atoms with Crippen LogP contribution < -0.4 is 5.32 Å². The molecule has 0 heterocycles. The third kappa shape index (κ3) is 2.57. The molecule has 120 valence electrons. The molecule has 4 bridgehead atoms. The van der Waals surface area contributed by atoms with E-state index in [0.29, 0.717) is 16.4 Å². The van der Waals surface area contributed by atoms with Crippen molar-refractivity contribution in [3.63, 3.8) is 0 Å². The third-order valence-electron chi connectivity index (χ3n) is 7.20. The molecule has 0 aromatic carbocycles. The minimum atomic E-state index is -0.413. The molecule has 0 aromatic heterocycles. The average Bonchev–Trinajstić information content (AvgIpc) is 2.33. The predicted octanol–water partition coefficient (Wildman–Crippen LogP) is 4.02. The van der Waals surface area contributed by atoms with Crippen molar-refractivity contribution >= 4 is 0 Å². The first-order chi connectivity index (χ1) is 9.82. The van der Waals surface area contributed by atoms with Gasteiger partial charge in [0.1, 0.15) is 0 Å². The van der Waals surface area contributed by atoms with Crippen molar-refractivity contribution in [2.24, 2.45) is 16.7 Å². The fourth-order valence-electron chi connectivity index (χ4n) is 7.38. The molecule has 0 saturated heterocycles. The summed E-state index contributed by atoms with van der Waals surface area (Å²) >= 11 is 0. The average molecular weight is 291 g/mol. The van der Waals surface area contributed by atoms with Crippen LogP contribution in [-0.4, -0.2) is 22.8 Å². The van der Waals surface area contributed by atoms with Crippen molar-refractivity contribution in [2.45, 2.75) is 95.6 Å². The molecule has 0 spiro atoms. The molecule has 2 heteroatoms. The SMILES string of the molecule is CC12CC3CC(C)(C1)CC(NCC1(O)CCCCC1)(C3)C2. The minimum absolute atomic E-state index is 0.343. The van der Waals surface area contributed by atoms with Crippen molar-refractivity contribution < 1.29 is 5.11 Å². The molecular formula is C19H33NO. The van der Waals surface area contributed by atoms with Crippen LogP contribution in [-0.2, 0) is 0 Å². The Morgan fingerprint density at radius 2 is 1.52 bits per heavy atom. The van der Waals surface area contributed by atoms with Crippen LogP contribution in [0.25, 0.3) is 0 Å². The predicted molar refractivity (Wildman–Crippen MR) is 86.2 cm³/mol. The monoisotopic (exact) mass is 291 g/mol. The molecule has 2 atom stereocenters. The van der Waals surface area contributed by atoms with Crippen molar-refractivity contribution in [1.82, 2.24) is 5.32 Å². The molecule has 2 nitrogen and oxygen atoms in total. The van der Waals surface area contributed by atoms with E-state index in [2.05, 4.69) is 19.2 Å². The lowest BCUT2D eigenvalue weighted by Gasteiger charge is -2.66. The molecule has 5 aliphatic carbocycles. The summed E-state index contributed by atoms with van der Waals surface area (Å²) in [5, 5.41) is 14.8. The number of nitrogens with one attached hydrogen (secondary N) is 1. The summed E-state index contributed by atoms with van der Waals surface area (Å²) in [6, 6.07) is 0. The van der Waals surface area contributed by atoms with Gasteiger partial charge in [0.25, 0.3) is 0 Å². The molecule has 0 aliphatic heterocycles. The van der Waals surface area contributed by atoms with Gasteiger partial charge in [-0.2, -0.15) is 0 Å². The minimum Gasteiger partial charge on any atom is -0.389 e. The zero-order chi connectivity index (χ0) is 14.8. The van der Waals surface area contributed by atoms with E-state index >= 15 is 0 Å². The van der Waals surface area contributed by atoms with Crippen molar-refractivity contribution in [2.75, 3.05) is 6.54 Å². The van der Waals surface area contributed by atoms with Crippen LogP contribution >= 0.6 is 0 Å². The van der Waals surface area contributed by atoms with E-state index in [1.807, 2.05) is 0 Å². The summed E-state index contributed by atoms with van der Waals surface area (Å²) in [7, 11) is 0. The Hall–Kier alpha value is -0.0800. The van der Waals surface area contributed by atoms with E-state index in [4.69, 9.17) is 0 Å². The maximum absolute atomic E-state index is 10.8. The highest BCUT2D eigenvalue weighted by molar-refractivity contribution is 5.14. The number of rotatable bonds is 3. The van der Waals surface area contributed by atoms with E-state index < -0.39 is 5.60 Å². The Balaban J connectivity index is 1.49. The van der Waals surface area contributed by atoms with Crippen molar-refractivity contribution in [1.29, 1.82) is 0 Å². The van der Waals surface area contributed by atoms with E-state index in [-0.39, 0.29) is 0 Å². The summed E-state index contributed by atoms with van der Waals surface area (Å²) in [5.41, 5.74) is 1.06. The van der Waals surface area contributed by atoms with E-state index in [0.717, 1.165) is 25.3 Å². The van der Waals surface area contributed by atoms with Crippen LogP contribution in [0.3, 0.4) is 0 Å². The Morgan fingerprint density at radius 3 is 2.10 bits per heavy atom. The summed E-state index contributed by atoms with van der Waals surface area (Å²) in [5.74, 6) is 0.935. The smallest absolute Gasteiger partial charge is 0.0771 e.